The van der Waals surface area contributed by atoms with Crippen molar-refractivity contribution in [1.82, 2.24) is 5.32 Å². The standard InChI is InChI=1S/C18H21ClN4O2/c1-13-6-5-9-15(19)16(13)23(17(20)21)18(24)22-10-11-25-12-14-7-3-2-4-8-14/h2-9H,10-12H2,1H3,(H3,20,21)(H,22,24). The Balaban J connectivity index is 1.90. The molecule has 132 valence electrons. The van der Waals surface area contributed by atoms with Gasteiger partial charge in [0, 0.05) is 6.54 Å². The quantitative estimate of drug-likeness (QED) is 0.419. The molecule has 0 unspecified atom stereocenters. The van der Waals surface area contributed by atoms with E-state index in [0.29, 0.717) is 30.5 Å². The van der Waals surface area contributed by atoms with E-state index in [1.54, 1.807) is 25.1 Å². The predicted molar refractivity (Wildman–Crippen MR) is 100 cm³/mol. The Morgan fingerprint density at radius 3 is 2.60 bits per heavy atom. The Labute approximate surface area is 152 Å². The summed E-state index contributed by atoms with van der Waals surface area (Å²) in [6.45, 7) is 2.90. The van der Waals surface area contributed by atoms with Crippen LogP contribution in [0.2, 0.25) is 5.02 Å². The molecule has 0 saturated carbocycles. The van der Waals surface area contributed by atoms with Crippen molar-refractivity contribution in [3.05, 3.63) is 64.7 Å². The molecule has 0 aliphatic carbocycles. The van der Waals surface area contributed by atoms with Gasteiger partial charge < -0.3 is 15.8 Å². The first-order valence-corrected chi connectivity index (χ1v) is 8.17. The second-order valence-electron chi connectivity index (χ2n) is 5.40. The number of para-hydroxylation sites is 1. The lowest BCUT2D eigenvalue weighted by molar-refractivity contribution is 0.124. The molecule has 0 atom stereocenters. The number of guanidine groups is 1. The van der Waals surface area contributed by atoms with Gasteiger partial charge in [0.25, 0.3) is 0 Å². The van der Waals surface area contributed by atoms with E-state index in [9.17, 15) is 4.79 Å². The van der Waals surface area contributed by atoms with Crippen molar-refractivity contribution in [1.29, 1.82) is 5.41 Å². The lowest BCUT2D eigenvalue weighted by Gasteiger charge is -2.24. The Hall–Kier alpha value is -2.57. The number of nitrogens with zero attached hydrogens (tertiary/aromatic N) is 1. The van der Waals surface area contributed by atoms with Gasteiger partial charge in [0.15, 0.2) is 0 Å². The number of ether oxygens (including phenoxy) is 1. The van der Waals surface area contributed by atoms with E-state index in [0.717, 1.165) is 16.0 Å². The second kappa shape index (κ2) is 9.05. The third-order valence-electron chi connectivity index (χ3n) is 3.49. The molecule has 0 saturated heterocycles. The Kier molecular flexibility index (Phi) is 6.80. The van der Waals surface area contributed by atoms with Gasteiger partial charge in [-0.3, -0.25) is 5.41 Å². The van der Waals surface area contributed by atoms with Crippen LogP contribution in [-0.2, 0) is 11.3 Å². The fraction of sp³-hybridized carbons (Fsp3) is 0.222. The van der Waals surface area contributed by atoms with Crippen LogP contribution in [0.5, 0.6) is 0 Å². The van der Waals surface area contributed by atoms with Crippen LogP contribution in [0.1, 0.15) is 11.1 Å². The number of carbonyl (C=O) groups excluding carboxylic acids is 1. The summed E-state index contributed by atoms with van der Waals surface area (Å²) in [5, 5.41) is 10.7. The third kappa shape index (κ3) is 5.20. The average Bonchev–Trinajstić information content (AvgIpc) is 2.58. The van der Waals surface area contributed by atoms with Gasteiger partial charge in [0.05, 0.1) is 23.9 Å². The van der Waals surface area contributed by atoms with Crippen molar-refractivity contribution < 1.29 is 9.53 Å². The summed E-state index contributed by atoms with van der Waals surface area (Å²) in [4.78, 5) is 13.5. The zero-order chi connectivity index (χ0) is 18.2. The fourth-order valence-corrected chi connectivity index (χ4v) is 2.62. The van der Waals surface area contributed by atoms with Gasteiger partial charge in [-0.2, -0.15) is 0 Å². The van der Waals surface area contributed by atoms with Crippen LogP contribution in [0.3, 0.4) is 0 Å². The molecule has 2 aromatic carbocycles. The first kappa shape index (κ1) is 18.8. The lowest BCUT2D eigenvalue weighted by atomic mass is 10.2. The molecule has 0 radical (unpaired) electrons. The van der Waals surface area contributed by atoms with E-state index < -0.39 is 12.0 Å². The molecule has 6 nitrogen and oxygen atoms in total. The van der Waals surface area contributed by atoms with Crippen molar-refractivity contribution in [3.8, 4) is 0 Å². The number of benzene rings is 2. The highest BCUT2D eigenvalue weighted by Crippen LogP contribution is 2.29. The van der Waals surface area contributed by atoms with E-state index in [-0.39, 0.29) is 0 Å². The van der Waals surface area contributed by atoms with Crippen molar-refractivity contribution in [2.45, 2.75) is 13.5 Å². The summed E-state index contributed by atoms with van der Waals surface area (Å²) >= 11 is 6.17. The maximum absolute atomic E-state index is 12.4. The normalized spacial score (nSPS) is 10.3. The van der Waals surface area contributed by atoms with E-state index in [2.05, 4.69) is 5.32 Å². The van der Waals surface area contributed by atoms with Crippen molar-refractivity contribution in [3.63, 3.8) is 0 Å². The Morgan fingerprint density at radius 2 is 1.96 bits per heavy atom. The fourth-order valence-electron chi connectivity index (χ4n) is 2.31. The number of amides is 2. The first-order valence-electron chi connectivity index (χ1n) is 7.79. The predicted octanol–water partition coefficient (Wildman–Crippen LogP) is 3.27. The minimum atomic E-state index is -0.521. The maximum Gasteiger partial charge on any atom is 0.328 e. The van der Waals surface area contributed by atoms with E-state index in [1.165, 1.54) is 0 Å². The second-order valence-corrected chi connectivity index (χ2v) is 5.80. The molecule has 2 rings (SSSR count). The number of urea groups is 1. The van der Waals surface area contributed by atoms with Crippen LogP contribution >= 0.6 is 11.6 Å². The van der Waals surface area contributed by atoms with Gasteiger partial charge in [0.2, 0.25) is 5.96 Å². The topological polar surface area (TPSA) is 91.4 Å². The largest absolute Gasteiger partial charge is 0.375 e. The molecule has 0 fully saturated rings. The summed E-state index contributed by atoms with van der Waals surface area (Å²) in [7, 11) is 0. The number of anilines is 1. The average molecular weight is 361 g/mol. The van der Waals surface area contributed by atoms with Gasteiger partial charge in [-0.05, 0) is 24.1 Å². The monoisotopic (exact) mass is 360 g/mol. The van der Waals surface area contributed by atoms with Crippen molar-refractivity contribution in [2.24, 2.45) is 5.73 Å². The first-order chi connectivity index (χ1) is 12.0. The van der Waals surface area contributed by atoms with Gasteiger partial charge in [0.1, 0.15) is 0 Å². The Bertz CT molecular complexity index is 717. The molecule has 0 aromatic heterocycles. The van der Waals surface area contributed by atoms with E-state index in [4.69, 9.17) is 27.5 Å². The van der Waals surface area contributed by atoms with Gasteiger partial charge in [-0.25, -0.2) is 9.69 Å². The number of rotatable bonds is 6. The molecule has 0 aliphatic heterocycles. The van der Waals surface area contributed by atoms with Gasteiger partial charge in [-0.1, -0.05) is 54.1 Å². The molecule has 25 heavy (non-hydrogen) atoms. The van der Waals surface area contributed by atoms with Crippen LogP contribution in [0.25, 0.3) is 0 Å². The maximum atomic E-state index is 12.4. The minimum Gasteiger partial charge on any atom is -0.375 e. The molecule has 2 aromatic rings. The highest BCUT2D eigenvalue weighted by Gasteiger charge is 2.22. The van der Waals surface area contributed by atoms with Crippen LogP contribution in [-0.4, -0.2) is 25.1 Å². The number of hydrogen-bond donors (Lipinski definition) is 3. The van der Waals surface area contributed by atoms with Crippen LogP contribution in [0, 0.1) is 12.3 Å². The molecule has 0 bridgehead atoms. The Morgan fingerprint density at radius 1 is 1.24 bits per heavy atom. The highest BCUT2D eigenvalue weighted by atomic mass is 35.5. The molecule has 0 heterocycles. The smallest absolute Gasteiger partial charge is 0.328 e. The summed E-state index contributed by atoms with van der Waals surface area (Å²) in [6, 6.07) is 14.5. The molecule has 4 N–H and O–H groups in total. The van der Waals surface area contributed by atoms with E-state index >= 15 is 0 Å². The number of nitrogens with two attached hydrogens (primary N) is 1. The summed E-state index contributed by atoms with van der Waals surface area (Å²) in [5.74, 6) is -0.404. The van der Waals surface area contributed by atoms with Crippen LogP contribution in [0.15, 0.2) is 48.5 Å². The number of hydrogen-bond acceptors (Lipinski definition) is 3. The lowest BCUT2D eigenvalue weighted by Crippen LogP contribution is -2.48. The molecular formula is C18H21ClN4O2. The number of nitrogens with one attached hydrogen (secondary N) is 2. The molecule has 2 amide bonds. The third-order valence-corrected chi connectivity index (χ3v) is 3.80. The number of carbonyl (C=O) groups is 1. The molecule has 0 aliphatic rings. The molecule has 7 heteroatoms. The van der Waals surface area contributed by atoms with E-state index in [1.807, 2.05) is 30.3 Å². The summed E-state index contributed by atoms with van der Waals surface area (Å²) < 4.78 is 5.52. The van der Waals surface area contributed by atoms with Gasteiger partial charge >= 0.3 is 6.03 Å². The highest BCUT2D eigenvalue weighted by molar-refractivity contribution is 6.35. The summed E-state index contributed by atoms with van der Waals surface area (Å²) in [6.07, 6.45) is 0. The summed E-state index contributed by atoms with van der Waals surface area (Å²) in [5.41, 5.74) is 7.78. The molecular weight excluding hydrogens is 340 g/mol. The van der Waals surface area contributed by atoms with Gasteiger partial charge in [-0.15, -0.1) is 0 Å². The van der Waals surface area contributed by atoms with Crippen molar-refractivity contribution >= 4 is 29.3 Å². The minimum absolute atomic E-state index is 0.291. The molecule has 0 spiro atoms. The zero-order valence-corrected chi connectivity index (χ0v) is 14.7. The van der Waals surface area contributed by atoms with Crippen molar-refractivity contribution in [2.75, 3.05) is 18.1 Å². The number of aryl methyl sites for hydroxylation is 1. The van der Waals surface area contributed by atoms with Crippen LogP contribution < -0.4 is 16.0 Å². The SMILES string of the molecule is Cc1cccc(Cl)c1N(C(=N)N)C(=O)NCCOCc1ccccc1. The number of halogens is 1. The zero-order valence-electron chi connectivity index (χ0n) is 14.0. The van der Waals surface area contributed by atoms with Crippen LogP contribution in [0.4, 0.5) is 10.5 Å².